The van der Waals surface area contributed by atoms with Gasteiger partial charge in [-0.1, -0.05) is 32.5 Å². The zero-order valence-electron chi connectivity index (χ0n) is 12.4. The van der Waals surface area contributed by atoms with Gasteiger partial charge in [-0.3, -0.25) is 4.79 Å². The Balaban J connectivity index is 2.04. The number of thioether (sulfide) groups is 1. The highest BCUT2D eigenvalue weighted by Gasteiger charge is 2.20. The van der Waals surface area contributed by atoms with Gasteiger partial charge in [0.05, 0.1) is 11.2 Å². The van der Waals surface area contributed by atoms with Crippen LogP contribution in [0.2, 0.25) is 0 Å². The van der Waals surface area contributed by atoms with Gasteiger partial charge >= 0.3 is 0 Å². The molecule has 1 N–H and O–H groups in total. The number of carbonyl (C=O) groups is 1. The minimum atomic E-state index is -2.45. The summed E-state index contributed by atoms with van der Waals surface area (Å²) >= 11 is 1.83. The molecule has 0 aliphatic carbocycles. The van der Waals surface area contributed by atoms with Crippen LogP contribution in [0.4, 0.5) is 14.5 Å². The van der Waals surface area contributed by atoms with E-state index >= 15 is 0 Å². The number of carbonyl (C=O) groups excluding carboxylic acids is 1. The standard InChI is InChI=1S/C15H16F2N2OS2/c1-15(2,3)13-18-8-11(22-13)12(20)19-9-4-6-10(7-5-9)21-14(16)17/h4-8,14H,1-3H3,(H,19,20). The first-order valence-corrected chi connectivity index (χ1v) is 8.28. The first kappa shape index (κ1) is 16.9. The van der Waals surface area contributed by atoms with Gasteiger partial charge in [0.2, 0.25) is 0 Å². The monoisotopic (exact) mass is 342 g/mol. The molecule has 1 aromatic heterocycles. The second kappa shape index (κ2) is 6.75. The van der Waals surface area contributed by atoms with Gasteiger partial charge in [0, 0.05) is 16.0 Å². The van der Waals surface area contributed by atoms with Crippen molar-refractivity contribution in [3.05, 3.63) is 40.3 Å². The second-order valence-corrected chi connectivity index (χ2v) is 7.73. The molecule has 0 aliphatic heterocycles. The van der Waals surface area contributed by atoms with E-state index < -0.39 is 5.76 Å². The van der Waals surface area contributed by atoms with Crippen LogP contribution in [0.25, 0.3) is 0 Å². The molecule has 0 atom stereocenters. The minimum absolute atomic E-state index is 0.0999. The van der Waals surface area contributed by atoms with Crippen LogP contribution in [-0.2, 0) is 5.41 Å². The average Bonchev–Trinajstić information content (AvgIpc) is 2.90. The quantitative estimate of drug-likeness (QED) is 0.794. The molecule has 0 saturated carbocycles. The Morgan fingerprint density at radius 3 is 2.41 bits per heavy atom. The van der Waals surface area contributed by atoms with Crippen molar-refractivity contribution in [1.82, 2.24) is 4.98 Å². The molecule has 0 fully saturated rings. The third kappa shape index (κ3) is 4.51. The maximum Gasteiger partial charge on any atom is 0.288 e. The number of hydrogen-bond donors (Lipinski definition) is 1. The van der Waals surface area contributed by atoms with Crippen LogP contribution in [0, 0.1) is 0 Å². The van der Waals surface area contributed by atoms with Crippen molar-refractivity contribution in [2.45, 2.75) is 36.8 Å². The molecular formula is C15H16F2N2OS2. The van der Waals surface area contributed by atoms with E-state index in [9.17, 15) is 13.6 Å². The third-order valence-corrected chi connectivity index (χ3v) is 4.85. The largest absolute Gasteiger partial charge is 0.321 e. The molecule has 0 spiro atoms. The summed E-state index contributed by atoms with van der Waals surface area (Å²) in [4.78, 5) is 17.4. The molecular weight excluding hydrogens is 326 g/mol. The van der Waals surface area contributed by atoms with Crippen LogP contribution in [-0.4, -0.2) is 16.6 Å². The number of aromatic nitrogens is 1. The Hall–Kier alpha value is -1.47. The van der Waals surface area contributed by atoms with Crippen molar-refractivity contribution >= 4 is 34.7 Å². The zero-order valence-corrected chi connectivity index (χ0v) is 14.0. The van der Waals surface area contributed by atoms with Gasteiger partial charge in [-0.25, -0.2) is 4.98 Å². The van der Waals surface area contributed by atoms with Gasteiger partial charge < -0.3 is 5.32 Å². The Kier molecular flexibility index (Phi) is 5.18. The topological polar surface area (TPSA) is 42.0 Å². The molecule has 0 saturated heterocycles. The van der Waals surface area contributed by atoms with Gasteiger partial charge in [-0.15, -0.1) is 11.3 Å². The number of anilines is 1. The highest BCUT2D eigenvalue weighted by molar-refractivity contribution is 7.99. The average molecular weight is 342 g/mol. The fourth-order valence-electron chi connectivity index (χ4n) is 1.64. The normalized spacial score (nSPS) is 11.7. The van der Waals surface area contributed by atoms with Crippen molar-refractivity contribution in [1.29, 1.82) is 0 Å². The number of alkyl halides is 2. The van der Waals surface area contributed by atoms with Crippen molar-refractivity contribution in [2.75, 3.05) is 5.32 Å². The van der Waals surface area contributed by atoms with Crippen molar-refractivity contribution in [3.8, 4) is 0 Å². The smallest absolute Gasteiger partial charge is 0.288 e. The number of hydrogen-bond acceptors (Lipinski definition) is 4. The third-order valence-electron chi connectivity index (χ3n) is 2.71. The van der Waals surface area contributed by atoms with E-state index in [0.717, 1.165) is 5.01 Å². The van der Waals surface area contributed by atoms with E-state index in [-0.39, 0.29) is 11.3 Å². The lowest BCUT2D eigenvalue weighted by atomic mass is 9.98. The fourth-order valence-corrected chi connectivity index (χ4v) is 3.01. The van der Waals surface area contributed by atoms with E-state index in [1.165, 1.54) is 11.3 Å². The minimum Gasteiger partial charge on any atom is -0.321 e. The van der Waals surface area contributed by atoms with Gasteiger partial charge in [-0.05, 0) is 24.3 Å². The van der Waals surface area contributed by atoms with Crippen LogP contribution in [0.15, 0.2) is 35.4 Å². The number of thiazole rings is 1. The molecule has 1 heterocycles. The first-order valence-electron chi connectivity index (χ1n) is 6.58. The van der Waals surface area contributed by atoms with E-state index in [2.05, 4.69) is 10.3 Å². The lowest BCUT2D eigenvalue weighted by molar-refractivity contribution is 0.103. The molecule has 118 valence electrons. The lowest BCUT2D eigenvalue weighted by Crippen LogP contribution is -2.11. The molecule has 0 aliphatic rings. The maximum absolute atomic E-state index is 12.2. The summed E-state index contributed by atoms with van der Waals surface area (Å²) < 4.78 is 24.5. The van der Waals surface area contributed by atoms with E-state index in [0.29, 0.717) is 27.2 Å². The zero-order chi connectivity index (χ0) is 16.3. The summed E-state index contributed by atoms with van der Waals surface area (Å²) in [5.74, 6) is -2.70. The molecule has 0 radical (unpaired) electrons. The summed E-state index contributed by atoms with van der Waals surface area (Å²) in [6.45, 7) is 6.10. The van der Waals surface area contributed by atoms with E-state index in [4.69, 9.17) is 0 Å². The number of nitrogens with one attached hydrogen (secondary N) is 1. The second-order valence-electron chi connectivity index (χ2n) is 5.64. The Morgan fingerprint density at radius 2 is 1.91 bits per heavy atom. The van der Waals surface area contributed by atoms with Gasteiger partial charge in [0.15, 0.2) is 0 Å². The highest BCUT2D eigenvalue weighted by Crippen LogP contribution is 2.28. The highest BCUT2D eigenvalue weighted by atomic mass is 32.2. The van der Waals surface area contributed by atoms with E-state index in [1.54, 1.807) is 30.5 Å². The molecule has 0 bridgehead atoms. The lowest BCUT2D eigenvalue weighted by Gasteiger charge is -2.13. The summed E-state index contributed by atoms with van der Waals surface area (Å²) in [6.07, 6.45) is 1.56. The summed E-state index contributed by atoms with van der Waals surface area (Å²) in [6, 6.07) is 6.32. The van der Waals surface area contributed by atoms with Crippen LogP contribution in [0.1, 0.15) is 35.5 Å². The summed E-state index contributed by atoms with van der Waals surface area (Å²) in [7, 11) is 0. The van der Waals surface area contributed by atoms with Crippen LogP contribution >= 0.6 is 23.1 Å². The molecule has 3 nitrogen and oxygen atoms in total. The van der Waals surface area contributed by atoms with E-state index in [1.807, 2.05) is 20.8 Å². The fraction of sp³-hybridized carbons (Fsp3) is 0.333. The summed E-state index contributed by atoms with van der Waals surface area (Å²) in [5.41, 5.74) is 0.464. The van der Waals surface area contributed by atoms with Gasteiger partial charge in [0.1, 0.15) is 4.88 Å². The van der Waals surface area contributed by atoms with Crippen LogP contribution in [0.3, 0.4) is 0 Å². The van der Waals surface area contributed by atoms with Crippen molar-refractivity contribution in [2.24, 2.45) is 0 Å². The number of amides is 1. The predicted octanol–water partition coefficient (Wildman–Crippen LogP) is 5.01. The Labute approximate surface area is 136 Å². The number of nitrogens with zero attached hydrogens (tertiary/aromatic N) is 1. The van der Waals surface area contributed by atoms with Crippen molar-refractivity contribution < 1.29 is 13.6 Å². The van der Waals surface area contributed by atoms with Gasteiger partial charge in [0.25, 0.3) is 11.7 Å². The van der Waals surface area contributed by atoms with Crippen LogP contribution < -0.4 is 5.32 Å². The number of benzene rings is 1. The number of rotatable bonds is 4. The molecule has 1 aromatic carbocycles. The SMILES string of the molecule is CC(C)(C)c1ncc(C(=O)Nc2ccc(SC(F)F)cc2)s1. The first-order chi connectivity index (χ1) is 10.3. The number of halogens is 2. The van der Waals surface area contributed by atoms with Crippen LogP contribution in [0.5, 0.6) is 0 Å². The Morgan fingerprint density at radius 1 is 1.27 bits per heavy atom. The summed E-state index contributed by atoms with van der Waals surface area (Å²) in [5, 5.41) is 3.63. The molecule has 7 heteroatoms. The van der Waals surface area contributed by atoms with Crippen molar-refractivity contribution in [3.63, 3.8) is 0 Å². The van der Waals surface area contributed by atoms with Gasteiger partial charge in [-0.2, -0.15) is 8.78 Å². The molecule has 22 heavy (non-hydrogen) atoms. The maximum atomic E-state index is 12.2. The molecule has 2 rings (SSSR count). The molecule has 0 unspecified atom stereocenters. The Bertz CT molecular complexity index is 648. The predicted molar refractivity (Wildman–Crippen MR) is 87.1 cm³/mol. The molecule has 1 amide bonds. The molecule has 2 aromatic rings.